The van der Waals surface area contributed by atoms with Gasteiger partial charge in [0.25, 0.3) is 5.89 Å². The molecule has 1 N–H and O–H groups in total. The monoisotopic (exact) mass is 323 g/mol. The molecule has 0 aliphatic heterocycles. The molecule has 0 atom stereocenters. The lowest BCUT2D eigenvalue weighted by Gasteiger charge is -2.05. The van der Waals surface area contributed by atoms with Gasteiger partial charge >= 0.3 is 11.8 Å². The van der Waals surface area contributed by atoms with Crippen molar-refractivity contribution in [1.29, 1.82) is 0 Å². The fourth-order valence-electron chi connectivity index (χ4n) is 2.48. The molecule has 0 unspecified atom stereocenters. The number of rotatable bonds is 4. The van der Waals surface area contributed by atoms with Crippen LogP contribution in [0.5, 0.6) is 5.75 Å². The number of hydrogen-bond acceptors (Lipinski definition) is 5. The molecule has 0 aliphatic rings. The summed E-state index contributed by atoms with van der Waals surface area (Å²) in [6, 6.07) is 13.0. The van der Waals surface area contributed by atoms with Crippen molar-refractivity contribution in [1.82, 2.24) is 10.2 Å². The maximum atomic E-state index is 12.3. The molecule has 1 heterocycles. The Balaban J connectivity index is 1.83. The van der Waals surface area contributed by atoms with Gasteiger partial charge in [0.15, 0.2) is 0 Å². The number of hydrogen-bond donors (Lipinski definition) is 1. The number of nitrogens with zero attached hydrogens (tertiary/aromatic N) is 2. The minimum Gasteiger partial charge on any atom is -0.496 e. The Morgan fingerprint density at radius 3 is 2.50 bits per heavy atom. The number of carbonyl (C=O) groups is 1. The molecule has 122 valence electrons. The van der Waals surface area contributed by atoms with Gasteiger partial charge < -0.3 is 14.5 Å². The van der Waals surface area contributed by atoms with Crippen LogP contribution >= 0.6 is 0 Å². The van der Waals surface area contributed by atoms with Gasteiger partial charge in [-0.2, -0.15) is 0 Å². The number of methoxy groups -OCH3 is 1. The van der Waals surface area contributed by atoms with Crippen LogP contribution < -0.4 is 10.1 Å². The van der Waals surface area contributed by atoms with E-state index in [4.69, 9.17) is 9.15 Å². The van der Waals surface area contributed by atoms with Crippen LogP contribution in [0.4, 0.5) is 5.69 Å². The van der Waals surface area contributed by atoms with E-state index in [0.29, 0.717) is 17.0 Å². The summed E-state index contributed by atoms with van der Waals surface area (Å²) in [5.74, 6) is 0.282. The van der Waals surface area contributed by atoms with Gasteiger partial charge in [0.2, 0.25) is 0 Å². The number of ether oxygens (including phenoxy) is 1. The summed E-state index contributed by atoms with van der Waals surface area (Å²) < 4.78 is 10.8. The fraction of sp³-hybridized carbons (Fsp3) is 0.167. The van der Waals surface area contributed by atoms with E-state index in [0.717, 1.165) is 11.1 Å². The normalized spacial score (nSPS) is 10.5. The molecule has 1 amide bonds. The molecule has 0 saturated carbocycles. The second-order valence-corrected chi connectivity index (χ2v) is 5.44. The van der Waals surface area contributed by atoms with Crippen LogP contribution in [-0.2, 0) is 0 Å². The zero-order chi connectivity index (χ0) is 17.1. The molecule has 2 aromatic carbocycles. The fourth-order valence-corrected chi connectivity index (χ4v) is 2.48. The van der Waals surface area contributed by atoms with Gasteiger partial charge in [-0.25, -0.2) is 0 Å². The van der Waals surface area contributed by atoms with Crippen LogP contribution in [0.1, 0.15) is 21.8 Å². The lowest BCUT2D eigenvalue weighted by molar-refractivity contribution is 0.0991. The molecular weight excluding hydrogens is 306 g/mol. The van der Waals surface area contributed by atoms with Crippen LogP contribution in [0.25, 0.3) is 11.5 Å². The Morgan fingerprint density at radius 2 is 1.79 bits per heavy atom. The number of carbonyl (C=O) groups excluding carboxylic acids is 1. The molecule has 0 spiro atoms. The Morgan fingerprint density at radius 1 is 1.08 bits per heavy atom. The predicted molar refractivity (Wildman–Crippen MR) is 90.2 cm³/mol. The second-order valence-electron chi connectivity index (χ2n) is 5.44. The summed E-state index contributed by atoms with van der Waals surface area (Å²) in [6.07, 6.45) is 0. The lowest BCUT2D eigenvalue weighted by atomic mass is 10.1. The van der Waals surface area contributed by atoms with Gasteiger partial charge in [-0.1, -0.05) is 18.2 Å². The summed E-state index contributed by atoms with van der Waals surface area (Å²) in [4.78, 5) is 12.3. The van der Waals surface area contributed by atoms with Crippen LogP contribution in [-0.4, -0.2) is 23.2 Å². The highest BCUT2D eigenvalue weighted by molar-refractivity contribution is 6.01. The van der Waals surface area contributed by atoms with Crippen molar-refractivity contribution in [2.75, 3.05) is 12.4 Å². The number of nitrogens with one attached hydrogen (secondary N) is 1. The minimum absolute atomic E-state index is 0.102. The van der Waals surface area contributed by atoms with E-state index < -0.39 is 5.91 Å². The molecule has 6 heteroatoms. The third-order valence-corrected chi connectivity index (χ3v) is 3.44. The summed E-state index contributed by atoms with van der Waals surface area (Å²) in [5.41, 5.74) is 3.45. The lowest BCUT2D eigenvalue weighted by Crippen LogP contribution is -2.12. The summed E-state index contributed by atoms with van der Waals surface area (Å²) in [5, 5.41) is 10.5. The van der Waals surface area contributed by atoms with E-state index in [1.54, 1.807) is 19.2 Å². The molecule has 3 aromatic rings. The maximum absolute atomic E-state index is 12.3. The maximum Gasteiger partial charge on any atom is 0.313 e. The van der Waals surface area contributed by atoms with Gasteiger partial charge in [0.05, 0.1) is 12.7 Å². The average molecular weight is 323 g/mol. The Hall–Kier alpha value is -3.15. The quantitative estimate of drug-likeness (QED) is 0.793. The third-order valence-electron chi connectivity index (χ3n) is 3.44. The summed E-state index contributed by atoms with van der Waals surface area (Å²) in [6.45, 7) is 3.93. The first-order chi connectivity index (χ1) is 11.6. The van der Waals surface area contributed by atoms with Crippen molar-refractivity contribution >= 4 is 11.6 Å². The molecule has 0 bridgehead atoms. The van der Waals surface area contributed by atoms with Crippen molar-refractivity contribution in [3.63, 3.8) is 0 Å². The van der Waals surface area contributed by atoms with E-state index in [1.807, 2.05) is 44.2 Å². The van der Waals surface area contributed by atoms with Crippen LogP contribution in [0, 0.1) is 13.8 Å². The van der Waals surface area contributed by atoms with Crippen molar-refractivity contribution < 1.29 is 13.9 Å². The molecule has 0 radical (unpaired) electrons. The number of para-hydroxylation sites is 1. The molecule has 3 rings (SSSR count). The highest BCUT2D eigenvalue weighted by Gasteiger charge is 2.18. The molecule has 0 fully saturated rings. The SMILES string of the molecule is COc1ccccc1-c1nnc(C(=O)Nc2cc(C)cc(C)c2)o1. The van der Waals surface area contributed by atoms with Crippen LogP contribution in [0.3, 0.4) is 0 Å². The smallest absolute Gasteiger partial charge is 0.313 e. The van der Waals surface area contributed by atoms with E-state index in [2.05, 4.69) is 15.5 Å². The molecule has 0 aliphatic carbocycles. The Labute approximate surface area is 139 Å². The summed E-state index contributed by atoms with van der Waals surface area (Å²) in [7, 11) is 1.56. The molecule has 1 aromatic heterocycles. The molecule has 6 nitrogen and oxygen atoms in total. The van der Waals surface area contributed by atoms with Crippen LogP contribution in [0.2, 0.25) is 0 Å². The zero-order valence-electron chi connectivity index (χ0n) is 13.7. The number of aryl methyl sites for hydroxylation is 2. The predicted octanol–water partition coefficient (Wildman–Crippen LogP) is 3.61. The third kappa shape index (κ3) is 3.27. The van der Waals surface area contributed by atoms with Crippen molar-refractivity contribution in [2.45, 2.75) is 13.8 Å². The topological polar surface area (TPSA) is 77.2 Å². The number of anilines is 1. The number of amides is 1. The standard InChI is InChI=1S/C18H17N3O3/c1-11-8-12(2)10-13(9-11)19-16(22)18-21-20-17(24-18)14-6-4-5-7-15(14)23-3/h4-10H,1-3H3,(H,19,22). The first-order valence-electron chi connectivity index (χ1n) is 7.43. The zero-order valence-corrected chi connectivity index (χ0v) is 13.7. The Kier molecular flexibility index (Phi) is 4.29. The molecular formula is C18H17N3O3. The number of benzene rings is 2. The number of aromatic nitrogens is 2. The first-order valence-corrected chi connectivity index (χ1v) is 7.43. The van der Waals surface area contributed by atoms with Gasteiger partial charge in [-0.15, -0.1) is 10.2 Å². The minimum atomic E-state index is -0.450. The van der Waals surface area contributed by atoms with Crippen LogP contribution in [0.15, 0.2) is 46.9 Å². The van der Waals surface area contributed by atoms with Gasteiger partial charge in [-0.05, 0) is 49.2 Å². The Bertz CT molecular complexity index is 866. The summed E-state index contributed by atoms with van der Waals surface area (Å²) >= 11 is 0. The molecule has 24 heavy (non-hydrogen) atoms. The van der Waals surface area contributed by atoms with Crippen molar-refractivity contribution in [2.24, 2.45) is 0 Å². The van der Waals surface area contributed by atoms with E-state index >= 15 is 0 Å². The van der Waals surface area contributed by atoms with Gasteiger partial charge in [0, 0.05) is 5.69 Å². The molecule has 0 saturated heterocycles. The highest BCUT2D eigenvalue weighted by Crippen LogP contribution is 2.28. The average Bonchev–Trinajstić information content (AvgIpc) is 3.03. The first kappa shape index (κ1) is 15.7. The highest BCUT2D eigenvalue weighted by atomic mass is 16.5. The largest absolute Gasteiger partial charge is 0.496 e. The van der Waals surface area contributed by atoms with Crippen molar-refractivity contribution in [3.8, 4) is 17.2 Å². The van der Waals surface area contributed by atoms with Crippen molar-refractivity contribution in [3.05, 3.63) is 59.5 Å². The van der Waals surface area contributed by atoms with E-state index in [9.17, 15) is 4.79 Å². The second kappa shape index (κ2) is 6.54. The van der Waals surface area contributed by atoms with Gasteiger partial charge in [-0.3, -0.25) is 4.79 Å². The van der Waals surface area contributed by atoms with E-state index in [1.165, 1.54) is 0 Å². The van der Waals surface area contributed by atoms with E-state index in [-0.39, 0.29) is 11.8 Å². The van der Waals surface area contributed by atoms with Gasteiger partial charge in [0.1, 0.15) is 5.75 Å².